The summed E-state index contributed by atoms with van der Waals surface area (Å²) in [5.41, 5.74) is 0.0958. The summed E-state index contributed by atoms with van der Waals surface area (Å²) in [5.74, 6) is 0.775. The summed E-state index contributed by atoms with van der Waals surface area (Å²) in [5, 5.41) is 0.182. The van der Waals surface area contributed by atoms with Gasteiger partial charge in [-0.05, 0) is 69.8 Å². The van der Waals surface area contributed by atoms with Crippen molar-refractivity contribution in [3.8, 4) is 5.75 Å². The van der Waals surface area contributed by atoms with Gasteiger partial charge in [0.25, 0.3) is 0 Å². The summed E-state index contributed by atoms with van der Waals surface area (Å²) in [6.45, 7) is 21.7. The average molecular weight is 667 g/mol. The molecule has 0 aromatic heterocycles. The van der Waals surface area contributed by atoms with E-state index in [2.05, 4.69) is 65.9 Å². The quantitative estimate of drug-likeness (QED) is 0.0870. The molecule has 0 saturated carbocycles. The van der Waals surface area contributed by atoms with Crippen LogP contribution in [-0.4, -0.2) is 58.9 Å². The molecule has 1 fully saturated rings. The van der Waals surface area contributed by atoms with Crippen LogP contribution in [0, 0.1) is 11.8 Å². The number of ether oxygens (including phenoxy) is 3. The predicted octanol–water partition coefficient (Wildman–Crippen LogP) is 9.28. The van der Waals surface area contributed by atoms with Crippen molar-refractivity contribution >= 4 is 21.7 Å². The van der Waals surface area contributed by atoms with Gasteiger partial charge in [-0.1, -0.05) is 71.1 Å². The van der Waals surface area contributed by atoms with Crippen molar-refractivity contribution < 1.29 is 37.0 Å². The number of hydrogen-bond donors (Lipinski definition) is 0. The van der Waals surface area contributed by atoms with Gasteiger partial charge in [0.2, 0.25) is 0 Å². The van der Waals surface area contributed by atoms with Crippen LogP contribution in [-0.2, 0) is 32.3 Å². The molecule has 8 nitrogen and oxygen atoms in total. The Morgan fingerprint density at radius 2 is 1.62 bits per heavy atom. The van der Waals surface area contributed by atoms with Crippen LogP contribution in [0.15, 0.2) is 48.6 Å². The van der Waals surface area contributed by atoms with Crippen LogP contribution in [0.5, 0.6) is 5.75 Å². The van der Waals surface area contributed by atoms with Crippen LogP contribution in [0.2, 0.25) is 18.1 Å². The second-order valence-electron chi connectivity index (χ2n) is 13.4. The van der Waals surface area contributed by atoms with Crippen LogP contribution in [0.4, 0.5) is 0 Å². The summed E-state index contributed by atoms with van der Waals surface area (Å²) in [7, 11) is -3.64. The highest BCUT2D eigenvalue weighted by Gasteiger charge is 2.41. The lowest BCUT2D eigenvalue weighted by Gasteiger charge is -2.43. The van der Waals surface area contributed by atoms with E-state index in [1.165, 1.54) is 0 Å². The average Bonchev–Trinajstić information content (AvgIpc) is 2.99. The smallest absolute Gasteiger partial charge is 0.340 e. The van der Waals surface area contributed by atoms with Crippen molar-refractivity contribution in [2.24, 2.45) is 11.8 Å². The molecule has 0 N–H and O–H groups in total. The zero-order chi connectivity index (χ0) is 33.8. The second kappa shape index (κ2) is 18.1. The highest BCUT2D eigenvalue weighted by molar-refractivity contribution is 7.55. The monoisotopic (exact) mass is 666 g/mol. The van der Waals surface area contributed by atoms with Crippen molar-refractivity contribution in [1.29, 1.82) is 0 Å². The molecule has 1 aromatic rings. The van der Waals surface area contributed by atoms with Gasteiger partial charge in [0.15, 0.2) is 14.6 Å². The zero-order valence-corrected chi connectivity index (χ0v) is 31.4. The molecular formula is C35H59O8PSi. The maximum Gasteiger partial charge on any atom is 0.340 e. The van der Waals surface area contributed by atoms with Gasteiger partial charge in [-0.3, -0.25) is 9.36 Å². The Morgan fingerprint density at radius 1 is 1.02 bits per heavy atom. The van der Waals surface area contributed by atoms with Gasteiger partial charge < -0.3 is 27.7 Å². The number of carbonyl (C=O) groups excluding carboxylic acids is 1. The molecule has 2 rings (SSSR count). The van der Waals surface area contributed by atoms with Crippen LogP contribution in [0.3, 0.4) is 0 Å². The Bertz CT molecular complexity index is 1130. The molecule has 0 aliphatic carbocycles. The molecule has 1 aliphatic rings. The minimum atomic E-state index is -3.51. The van der Waals surface area contributed by atoms with Crippen molar-refractivity contribution in [1.82, 2.24) is 0 Å². The van der Waals surface area contributed by atoms with Crippen LogP contribution in [0.25, 0.3) is 0 Å². The Labute approximate surface area is 273 Å². The standard InChI is InChI=1S/C35H59O8PSi/c1-12-39-44(37,40-13-2)28(5)31(36)24-19-26(3)33-27(4)32(42-34(43-33)29-20-22-30(38-9)23-21-29)18-16-14-15-17-25-41-45(10,11)35(6,7)8/h14-17,20-23,26-28,32-34H,12-13,18-19,24-25H2,1-11H3/b16-14+,17-15+/t26-,27-,28?,32-,33-,34+/m1/s1. The lowest BCUT2D eigenvalue weighted by molar-refractivity contribution is -0.280. The molecule has 1 aromatic carbocycles. The number of ketones is 1. The van der Waals surface area contributed by atoms with E-state index >= 15 is 0 Å². The van der Waals surface area contributed by atoms with E-state index in [1.54, 1.807) is 27.9 Å². The van der Waals surface area contributed by atoms with Crippen molar-refractivity contribution in [3.05, 3.63) is 54.1 Å². The molecule has 256 valence electrons. The maximum absolute atomic E-state index is 13.2. The Morgan fingerprint density at radius 3 is 2.18 bits per heavy atom. The lowest BCUT2D eigenvalue weighted by atomic mass is 9.84. The summed E-state index contributed by atoms with van der Waals surface area (Å²) >= 11 is 0. The third-order valence-corrected chi connectivity index (χ3v) is 16.1. The van der Waals surface area contributed by atoms with Crippen LogP contribution < -0.4 is 4.74 Å². The first-order chi connectivity index (χ1) is 21.1. The molecule has 1 aliphatic heterocycles. The van der Waals surface area contributed by atoms with Gasteiger partial charge in [0.1, 0.15) is 17.2 Å². The van der Waals surface area contributed by atoms with E-state index in [-0.39, 0.29) is 54.5 Å². The first-order valence-corrected chi connectivity index (χ1v) is 20.9. The fraction of sp³-hybridized carbons (Fsp3) is 0.686. The number of methoxy groups -OCH3 is 1. The number of Topliss-reactive ketones (excluding diaryl/α,β-unsaturated/α-hetero) is 1. The van der Waals surface area contributed by atoms with Gasteiger partial charge in [0, 0.05) is 17.9 Å². The molecule has 1 heterocycles. The molecule has 1 unspecified atom stereocenters. The molecule has 10 heteroatoms. The van der Waals surface area contributed by atoms with Crippen LogP contribution >= 0.6 is 7.60 Å². The fourth-order valence-corrected chi connectivity index (χ4v) is 7.74. The van der Waals surface area contributed by atoms with E-state index in [0.717, 1.165) is 17.7 Å². The number of allylic oxidation sites excluding steroid dienone is 2. The SMILES string of the molecule is CCOP(=O)(OCC)C(C)C(=O)CC[C@@H](C)[C@H]1O[C@@H](c2ccc(OC)cc2)O[C@H](C/C=C/C=C/CO[Si](C)(C)C(C)(C)C)[C@H]1C. The molecular weight excluding hydrogens is 607 g/mol. The Hall–Kier alpha value is -1.58. The first kappa shape index (κ1) is 39.6. The van der Waals surface area contributed by atoms with Crippen LogP contribution in [0.1, 0.15) is 86.5 Å². The molecule has 0 spiro atoms. The van der Waals surface area contributed by atoms with Gasteiger partial charge in [-0.15, -0.1) is 0 Å². The molecule has 0 bridgehead atoms. The summed E-state index contributed by atoms with van der Waals surface area (Å²) in [6.07, 6.45) is 9.07. The molecule has 1 saturated heterocycles. The fourth-order valence-electron chi connectivity index (χ4n) is 5.07. The summed E-state index contributed by atoms with van der Waals surface area (Å²) < 4.78 is 48.7. The normalized spacial score (nSPS) is 23.0. The number of benzene rings is 1. The molecule has 0 amide bonds. The zero-order valence-electron chi connectivity index (χ0n) is 29.5. The van der Waals surface area contributed by atoms with E-state index in [4.69, 9.17) is 27.7 Å². The third-order valence-electron chi connectivity index (χ3n) is 9.14. The predicted molar refractivity (Wildman–Crippen MR) is 184 cm³/mol. The van der Waals surface area contributed by atoms with Gasteiger partial charge >= 0.3 is 7.60 Å². The lowest BCUT2D eigenvalue weighted by Crippen LogP contribution is -2.44. The minimum Gasteiger partial charge on any atom is -0.497 e. The van der Waals surface area contributed by atoms with Gasteiger partial charge in [-0.25, -0.2) is 0 Å². The first-order valence-electron chi connectivity index (χ1n) is 16.4. The minimum absolute atomic E-state index is 0.0539. The van der Waals surface area contributed by atoms with Crippen molar-refractivity contribution in [2.45, 2.75) is 117 Å². The Balaban J connectivity index is 2.12. The van der Waals surface area contributed by atoms with Crippen molar-refractivity contribution in [2.75, 3.05) is 26.9 Å². The van der Waals surface area contributed by atoms with E-state index in [1.807, 2.05) is 30.3 Å². The third kappa shape index (κ3) is 11.6. The van der Waals surface area contributed by atoms with Gasteiger partial charge in [-0.2, -0.15) is 0 Å². The highest BCUT2D eigenvalue weighted by atomic mass is 31.2. The largest absolute Gasteiger partial charge is 0.497 e. The molecule has 0 radical (unpaired) electrons. The second-order valence-corrected chi connectivity index (χ2v) is 20.6. The maximum atomic E-state index is 13.2. The van der Waals surface area contributed by atoms with Crippen molar-refractivity contribution in [3.63, 3.8) is 0 Å². The molecule has 45 heavy (non-hydrogen) atoms. The number of rotatable bonds is 18. The topological polar surface area (TPSA) is 89.5 Å². The van der Waals surface area contributed by atoms with E-state index < -0.39 is 27.9 Å². The van der Waals surface area contributed by atoms with E-state index in [0.29, 0.717) is 13.0 Å². The molecule has 6 atom stereocenters. The highest BCUT2D eigenvalue weighted by Crippen LogP contribution is 2.53. The van der Waals surface area contributed by atoms with E-state index in [9.17, 15) is 9.36 Å². The summed E-state index contributed by atoms with van der Waals surface area (Å²) in [4.78, 5) is 13.1. The number of hydrogen-bond acceptors (Lipinski definition) is 8. The van der Waals surface area contributed by atoms with Gasteiger partial charge in [0.05, 0.1) is 39.1 Å². The summed E-state index contributed by atoms with van der Waals surface area (Å²) in [6, 6.07) is 7.73. The number of carbonyl (C=O) groups is 1. The Kier molecular flexibility index (Phi) is 15.9.